The molecule has 0 aliphatic carbocycles. The molecule has 0 radical (unpaired) electrons. The van der Waals surface area contributed by atoms with Crippen molar-refractivity contribution >= 4 is 27.6 Å². The Labute approximate surface area is 118 Å². The Hall–Kier alpha value is -1.01. The monoisotopic (exact) mass is 302 g/mol. The molecule has 106 valence electrons. The molecule has 0 fully saturated rings. The highest BCUT2D eigenvalue weighted by Gasteiger charge is 2.17. The molecule has 0 amide bonds. The maximum absolute atomic E-state index is 12.0. The van der Waals surface area contributed by atoms with E-state index >= 15 is 0 Å². The summed E-state index contributed by atoms with van der Waals surface area (Å²) in [6.07, 6.45) is 0. The van der Waals surface area contributed by atoms with Gasteiger partial charge in [-0.05, 0) is 24.3 Å². The first-order valence-electron chi connectivity index (χ1n) is 5.82. The minimum absolute atomic E-state index is 0.0304. The molecule has 0 aliphatic rings. The van der Waals surface area contributed by atoms with Crippen LogP contribution in [0.1, 0.15) is 31.1 Å². The molecule has 19 heavy (non-hydrogen) atoms. The second-order valence-corrected chi connectivity index (χ2v) is 9.14. The smallest absolute Gasteiger partial charge is 0.335 e. The van der Waals surface area contributed by atoms with Crippen LogP contribution in [0.25, 0.3) is 0 Å². The van der Waals surface area contributed by atoms with Crippen LogP contribution in [0.3, 0.4) is 0 Å². The quantitative estimate of drug-likeness (QED) is 0.905. The number of carbonyl (C=O) groups is 1. The van der Waals surface area contributed by atoms with Crippen LogP contribution in [0, 0.1) is 0 Å². The number of sulfone groups is 1. The zero-order chi connectivity index (χ0) is 14.7. The van der Waals surface area contributed by atoms with Crippen LogP contribution < -0.4 is 0 Å². The van der Waals surface area contributed by atoms with Gasteiger partial charge >= 0.3 is 5.97 Å². The van der Waals surface area contributed by atoms with Crippen molar-refractivity contribution in [2.75, 3.05) is 11.5 Å². The maximum atomic E-state index is 12.0. The number of benzene rings is 1. The van der Waals surface area contributed by atoms with Crippen molar-refractivity contribution in [3.8, 4) is 0 Å². The van der Waals surface area contributed by atoms with E-state index in [0.717, 1.165) is 0 Å². The predicted octanol–water partition coefficient (Wildman–Crippen LogP) is 2.69. The summed E-state index contributed by atoms with van der Waals surface area (Å²) >= 11 is 1.59. The Morgan fingerprint density at radius 1 is 1.21 bits per heavy atom. The average molecular weight is 302 g/mol. The molecule has 0 unspecified atom stereocenters. The molecule has 0 spiro atoms. The first-order valence-corrected chi connectivity index (χ1v) is 8.46. The standard InChI is InChI=1S/C13H18O4S2/c1-13(2,3)18-8-9-19(16,17)11-6-4-10(5-7-11)12(14)15/h4-7H,8-9H2,1-3H3,(H,14,15). The molecule has 0 aromatic heterocycles. The van der Waals surface area contributed by atoms with E-state index in [1.807, 2.05) is 20.8 Å². The Balaban J connectivity index is 2.75. The van der Waals surface area contributed by atoms with Crippen molar-refractivity contribution in [3.05, 3.63) is 29.8 Å². The second kappa shape index (κ2) is 5.96. The van der Waals surface area contributed by atoms with Crippen molar-refractivity contribution in [1.82, 2.24) is 0 Å². The number of aromatic carboxylic acids is 1. The van der Waals surface area contributed by atoms with Gasteiger partial charge in [-0.1, -0.05) is 20.8 Å². The molecule has 0 bridgehead atoms. The molecule has 1 rings (SSSR count). The number of thioether (sulfide) groups is 1. The summed E-state index contributed by atoms with van der Waals surface area (Å²) in [6, 6.07) is 5.32. The zero-order valence-corrected chi connectivity index (χ0v) is 12.8. The molecule has 0 saturated carbocycles. The normalized spacial score (nSPS) is 12.4. The molecule has 0 aliphatic heterocycles. The highest BCUT2D eigenvalue weighted by atomic mass is 32.2. The molecule has 6 heteroatoms. The molecule has 0 heterocycles. The van der Waals surface area contributed by atoms with Crippen LogP contribution in [0.5, 0.6) is 0 Å². The summed E-state index contributed by atoms with van der Waals surface area (Å²) in [7, 11) is -3.34. The number of hydrogen-bond donors (Lipinski definition) is 1. The fourth-order valence-corrected chi connectivity index (χ4v) is 3.99. The van der Waals surface area contributed by atoms with Crippen LogP contribution in [-0.2, 0) is 9.84 Å². The van der Waals surface area contributed by atoms with Crippen LogP contribution in [0.4, 0.5) is 0 Å². The molecular weight excluding hydrogens is 284 g/mol. The fraction of sp³-hybridized carbons (Fsp3) is 0.462. The summed E-state index contributed by atoms with van der Waals surface area (Å²) in [6.45, 7) is 6.10. The van der Waals surface area contributed by atoms with Crippen molar-refractivity contribution in [2.45, 2.75) is 30.4 Å². The fourth-order valence-electron chi connectivity index (χ4n) is 1.38. The summed E-state index contributed by atoms with van der Waals surface area (Å²) in [4.78, 5) is 10.9. The van der Waals surface area contributed by atoms with E-state index in [1.165, 1.54) is 24.3 Å². The van der Waals surface area contributed by atoms with E-state index in [1.54, 1.807) is 11.8 Å². The van der Waals surface area contributed by atoms with Gasteiger partial charge in [0, 0.05) is 10.5 Å². The van der Waals surface area contributed by atoms with Gasteiger partial charge in [0.2, 0.25) is 0 Å². The predicted molar refractivity (Wildman–Crippen MR) is 77.7 cm³/mol. The molecule has 1 aromatic rings. The third-order valence-corrected chi connectivity index (χ3v) is 5.61. The van der Waals surface area contributed by atoms with Gasteiger partial charge in [-0.2, -0.15) is 11.8 Å². The summed E-state index contributed by atoms with van der Waals surface area (Å²) in [5.74, 6) is -0.485. The summed E-state index contributed by atoms with van der Waals surface area (Å²) in [5, 5.41) is 8.76. The van der Waals surface area contributed by atoms with Crippen LogP contribution >= 0.6 is 11.8 Å². The van der Waals surface area contributed by atoms with Crippen molar-refractivity contribution in [1.29, 1.82) is 0 Å². The van der Waals surface area contributed by atoms with E-state index in [4.69, 9.17) is 5.11 Å². The van der Waals surface area contributed by atoms with Gasteiger partial charge < -0.3 is 5.11 Å². The molecule has 1 aromatic carbocycles. The van der Waals surface area contributed by atoms with Gasteiger partial charge in [0.1, 0.15) is 0 Å². The number of carboxylic acid groups (broad SMARTS) is 1. The lowest BCUT2D eigenvalue weighted by Gasteiger charge is -2.17. The number of carboxylic acids is 1. The Morgan fingerprint density at radius 2 is 1.74 bits per heavy atom. The van der Waals surface area contributed by atoms with E-state index in [2.05, 4.69) is 0 Å². The van der Waals surface area contributed by atoms with E-state index in [9.17, 15) is 13.2 Å². The summed E-state index contributed by atoms with van der Waals surface area (Å²) < 4.78 is 24.1. The molecule has 0 atom stereocenters. The zero-order valence-electron chi connectivity index (χ0n) is 11.2. The molecular formula is C13H18O4S2. The van der Waals surface area contributed by atoms with Gasteiger partial charge in [-0.15, -0.1) is 0 Å². The van der Waals surface area contributed by atoms with Crippen molar-refractivity contribution in [3.63, 3.8) is 0 Å². The first kappa shape index (κ1) is 16.0. The van der Waals surface area contributed by atoms with Gasteiger partial charge in [-0.25, -0.2) is 13.2 Å². The Kier molecular flexibility index (Phi) is 5.04. The number of rotatable bonds is 5. The second-order valence-electron chi connectivity index (χ2n) is 5.11. The SMILES string of the molecule is CC(C)(C)SCCS(=O)(=O)c1ccc(C(=O)O)cc1. The first-order chi connectivity index (χ1) is 8.62. The lowest BCUT2D eigenvalue weighted by atomic mass is 10.2. The molecule has 0 saturated heterocycles. The topological polar surface area (TPSA) is 71.4 Å². The largest absolute Gasteiger partial charge is 0.478 e. The van der Waals surface area contributed by atoms with E-state index in [0.29, 0.717) is 5.75 Å². The van der Waals surface area contributed by atoms with Crippen LogP contribution in [0.2, 0.25) is 0 Å². The Bertz CT molecular complexity index is 539. The van der Waals surface area contributed by atoms with Gasteiger partial charge in [-0.3, -0.25) is 0 Å². The minimum atomic E-state index is -3.34. The van der Waals surface area contributed by atoms with Crippen molar-refractivity contribution < 1.29 is 18.3 Å². The molecule has 1 N–H and O–H groups in total. The minimum Gasteiger partial charge on any atom is -0.478 e. The lowest BCUT2D eigenvalue weighted by molar-refractivity contribution is 0.0696. The van der Waals surface area contributed by atoms with Crippen molar-refractivity contribution in [2.24, 2.45) is 0 Å². The third kappa shape index (κ3) is 5.24. The van der Waals surface area contributed by atoms with Crippen LogP contribution in [-0.4, -0.2) is 35.7 Å². The van der Waals surface area contributed by atoms with Crippen LogP contribution in [0.15, 0.2) is 29.2 Å². The summed E-state index contributed by atoms with van der Waals surface area (Å²) in [5.41, 5.74) is 0.0861. The molecule has 4 nitrogen and oxygen atoms in total. The average Bonchev–Trinajstić information content (AvgIpc) is 2.27. The highest BCUT2D eigenvalue weighted by molar-refractivity contribution is 8.01. The highest BCUT2D eigenvalue weighted by Crippen LogP contribution is 2.24. The third-order valence-electron chi connectivity index (χ3n) is 2.35. The van der Waals surface area contributed by atoms with E-state index in [-0.39, 0.29) is 21.0 Å². The van der Waals surface area contributed by atoms with Gasteiger partial charge in [0.15, 0.2) is 9.84 Å². The van der Waals surface area contributed by atoms with Gasteiger partial charge in [0.05, 0.1) is 16.2 Å². The number of hydrogen-bond acceptors (Lipinski definition) is 4. The van der Waals surface area contributed by atoms with E-state index < -0.39 is 15.8 Å². The lowest BCUT2D eigenvalue weighted by Crippen LogP contribution is -2.14. The maximum Gasteiger partial charge on any atom is 0.335 e. The Morgan fingerprint density at radius 3 is 2.16 bits per heavy atom. The van der Waals surface area contributed by atoms with Gasteiger partial charge in [0.25, 0.3) is 0 Å².